The molecule has 2 aliphatic heterocycles. The van der Waals surface area contributed by atoms with Gasteiger partial charge in [-0.1, -0.05) is 31.0 Å². The third-order valence-corrected chi connectivity index (χ3v) is 8.51. The van der Waals surface area contributed by atoms with Crippen LogP contribution in [0.5, 0.6) is 0 Å². The van der Waals surface area contributed by atoms with Gasteiger partial charge >= 0.3 is 0 Å². The molecule has 0 amide bonds. The molecule has 0 radical (unpaired) electrons. The average Bonchev–Trinajstić information content (AvgIpc) is 2.94. The Labute approximate surface area is 129 Å². The molecule has 0 aromatic heterocycles. The number of hydrogen-bond acceptors (Lipinski definition) is 3. The lowest BCUT2D eigenvalue weighted by molar-refractivity contribution is 0.235. The summed E-state index contributed by atoms with van der Waals surface area (Å²) < 4.78 is 0. The van der Waals surface area contributed by atoms with E-state index in [0.717, 1.165) is 0 Å². The average molecular weight is 301 g/mol. The normalized spacial score (nSPS) is 37.8. The van der Waals surface area contributed by atoms with Crippen LogP contribution in [0.1, 0.15) is 37.7 Å². The lowest BCUT2D eigenvalue weighted by Crippen LogP contribution is -2.52. The zero-order valence-corrected chi connectivity index (χ0v) is 13.2. The Kier molecular flexibility index (Phi) is 2.42. The molecule has 1 nitrogen and oxygen atoms in total. The van der Waals surface area contributed by atoms with E-state index in [0.29, 0.717) is 5.41 Å². The van der Waals surface area contributed by atoms with Crippen LogP contribution in [0.15, 0.2) is 34.1 Å². The standard InChI is InChI=1S/C17H19NS2/c1-2-6-13-12(5-1)16-7-3-4-8-17(16,18-13)15-14(11-16)19-9-10-20-15/h1-2,5-6,18H,3-4,7-11H2. The van der Waals surface area contributed by atoms with E-state index < -0.39 is 0 Å². The maximum atomic E-state index is 4.01. The topological polar surface area (TPSA) is 12.0 Å². The quantitative estimate of drug-likeness (QED) is 0.742. The summed E-state index contributed by atoms with van der Waals surface area (Å²) in [5.74, 6) is 2.59. The number of benzene rings is 1. The highest BCUT2D eigenvalue weighted by Crippen LogP contribution is 2.68. The number of para-hydroxylation sites is 1. The highest BCUT2D eigenvalue weighted by Gasteiger charge is 2.64. The fourth-order valence-electron chi connectivity index (χ4n) is 5.00. The molecule has 2 unspecified atom stereocenters. The summed E-state index contributed by atoms with van der Waals surface area (Å²) in [6.07, 6.45) is 6.77. The summed E-state index contributed by atoms with van der Waals surface area (Å²) in [5, 5.41) is 4.01. The first-order chi connectivity index (χ1) is 9.86. The summed E-state index contributed by atoms with van der Waals surface area (Å²) in [6, 6.07) is 9.11. The van der Waals surface area contributed by atoms with Crippen LogP contribution < -0.4 is 5.32 Å². The van der Waals surface area contributed by atoms with Crippen LogP contribution in [-0.2, 0) is 5.41 Å². The van der Waals surface area contributed by atoms with E-state index in [1.807, 2.05) is 0 Å². The molecule has 104 valence electrons. The number of anilines is 1. The zero-order valence-electron chi connectivity index (χ0n) is 11.6. The molecule has 5 rings (SSSR count). The molecule has 1 aromatic rings. The van der Waals surface area contributed by atoms with Crippen molar-refractivity contribution in [1.82, 2.24) is 0 Å². The number of hydrogen-bond donors (Lipinski definition) is 1. The Morgan fingerprint density at radius 3 is 2.85 bits per heavy atom. The Morgan fingerprint density at radius 1 is 1.00 bits per heavy atom. The van der Waals surface area contributed by atoms with E-state index in [-0.39, 0.29) is 5.54 Å². The molecule has 1 saturated carbocycles. The lowest BCUT2D eigenvalue weighted by Gasteiger charge is -2.46. The second-order valence-electron chi connectivity index (χ2n) is 6.49. The van der Waals surface area contributed by atoms with Crippen molar-refractivity contribution in [2.75, 3.05) is 16.8 Å². The third-order valence-electron chi connectivity index (χ3n) is 5.72. The molecular weight excluding hydrogens is 282 g/mol. The van der Waals surface area contributed by atoms with Crippen LogP contribution in [0.3, 0.4) is 0 Å². The van der Waals surface area contributed by atoms with Crippen molar-refractivity contribution in [3.05, 3.63) is 39.6 Å². The molecular formula is C17H19NS2. The molecule has 3 heteroatoms. The van der Waals surface area contributed by atoms with Crippen LogP contribution in [-0.4, -0.2) is 17.0 Å². The smallest absolute Gasteiger partial charge is 0.0792 e. The molecule has 1 aromatic carbocycles. The maximum Gasteiger partial charge on any atom is 0.0792 e. The number of rotatable bonds is 0. The minimum atomic E-state index is 0.252. The predicted molar refractivity (Wildman–Crippen MR) is 89.5 cm³/mol. The summed E-state index contributed by atoms with van der Waals surface area (Å²) in [6.45, 7) is 0. The second kappa shape index (κ2) is 4.01. The molecule has 4 aliphatic rings. The molecule has 20 heavy (non-hydrogen) atoms. The fourth-order valence-corrected chi connectivity index (χ4v) is 7.95. The van der Waals surface area contributed by atoms with E-state index in [1.54, 1.807) is 15.4 Å². The first-order valence-electron chi connectivity index (χ1n) is 7.73. The lowest BCUT2D eigenvalue weighted by atomic mass is 9.61. The van der Waals surface area contributed by atoms with Crippen molar-refractivity contribution < 1.29 is 0 Å². The van der Waals surface area contributed by atoms with E-state index in [9.17, 15) is 0 Å². The first-order valence-corrected chi connectivity index (χ1v) is 9.70. The molecule has 1 N–H and O–H groups in total. The van der Waals surface area contributed by atoms with Crippen LogP contribution in [0.25, 0.3) is 0 Å². The van der Waals surface area contributed by atoms with Crippen molar-refractivity contribution >= 4 is 29.2 Å². The van der Waals surface area contributed by atoms with Gasteiger partial charge in [-0.3, -0.25) is 0 Å². The van der Waals surface area contributed by atoms with Gasteiger partial charge in [0.2, 0.25) is 0 Å². The molecule has 2 aliphatic carbocycles. The minimum Gasteiger partial charge on any atom is -0.374 e. The van der Waals surface area contributed by atoms with Crippen LogP contribution in [0.2, 0.25) is 0 Å². The highest BCUT2D eigenvalue weighted by molar-refractivity contribution is 8.10. The molecule has 0 bridgehead atoms. The van der Waals surface area contributed by atoms with E-state index >= 15 is 0 Å². The molecule has 2 atom stereocenters. The van der Waals surface area contributed by atoms with Crippen LogP contribution in [0.4, 0.5) is 5.69 Å². The van der Waals surface area contributed by atoms with Gasteiger partial charge in [-0.2, -0.15) is 0 Å². The van der Waals surface area contributed by atoms with Crippen molar-refractivity contribution in [2.45, 2.75) is 43.1 Å². The van der Waals surface area contributed by atoms with E-state index in [2.05, 4.69) is 53.1 Å². The van der Waals surface area contributed by atoms with E-state index in [4.69, 9.17) is 0 Å². The van der Waals surface area contributed by atoms with Gasteiger partial charge in [-0.15, -0.1) is 23.5 Å². The van der Waals surface area contributed by atoms with Gasteiger partial charge in [-0.25, -0.2) is 0 Å². The van der Waals surface area contributed by atoms with Gasteiger partial charge in [-0.05, 0) is 35.8 Å². The van der Waals surface area contributed by atoms with Crippen molar-refractivity contribution in [1.29, 1.82) is 0 Å². The number of nitrogens with one attached hydrogen (secondary N) is 1. The van der Waals surface area contributed by atoms with Gasteiger partial charge in [0.05, 0.1) is 5.54 Å². The predicted octanol–water partition coefficient (Wildman–Crippen LogP) is 4.76. The zero-order chi connectivity index (χ0) is 13.2. The van der Waals surface area contributed by atoms with Crippen molar-refractivity contribution in [2.24, 2.45) is 0 Å². The van der Waals surface area contributed by atoms with Crippen LogP contribution >= 0.6 is 23.5 Å². The van der Waals surface area contributed by atoms with E-state index in [1.165, 1.54) is 49.3 Å². The Hall–Kier alpha value is -0.540. The summed E-state index contributed by atoms with van der Waals surface area (Å²) in [7, 11) is 0. The summed E-state index contributed by atoms with van der Waals surface area (Å²) in [4.78, 5) is 3.43. The van der Waals surface area contributed by atoms with Gasteiger partial charge in [0.1, 0.15) is 0 Å². The molecule has 0 spiro atoms. The fraction of sp³-hybridized carbons (Fsp3) is 0.529. The second-order valence-corrected chi connectivity index (χ2v) is 8.79. The minimum absolute atomic E-state index is 0.252. The third kappa shape index (κ3) is 1.25. The monoisotopic (exact) mass is 301 g/mol. The Morgan fingerprint density at radius 2 is 1.85 bits per heavy atom. The number of thioether (sulfide) groups is 2. The summed E-state index contributed by atoms with van der Waals surface area (Å²) in [5.41, 5.74) is 3.64. The van der Waals surface area contributed by atoms with Gasteiger partial charge in [0.25, 0.3) is 0 Å². The van der Waals surface area contributed by atoms with Gasteiger partial charge in [0, 0.05) is 27.5 Å². The molecule has 0 saturated heterocycles. The Bertz CT molecular complexity index is 623. The first kappa shape index (κ1) is 12.0. The highest BCUT2D eigenvalue weighted by atomic mass is 32.2. The van der Waals surface area contributed by atoms with Crippen molar-refractivity contribution in [3.8, 4) is 0 Å². The largest absolute Gasteiger partial charge is 0.374 e. The number of allylic oxidation sites excluding steroid dienone is 1. The SMILES string of the molecule is c1ccc2c(c1)NC13CCCCC21CC1=C3SCCS1. The number of fused-ring (bicyclic) bond motifs is 1. The molecule has 1 fully saturated rings. The summed E-state index contributed by atoms with van der Waals surface area (Å²) >= 11 is 4.29. The Balaban J connectivity index is 1.75. The van der Waals surface area contributed by atoms with Gasteiger partial charge in [0.15, 0.2) is 0 Å². The molecule has 2 heterocycles. The maximum absolute atomic E-state index is 4.01. The van der Waals surface area contributed by atoms with Gasteiger partial charge < -0.3 is 5.32 Å². The van der Waals surface area contributed by atoms with Crippen molar-refractivity contribution in [3.63, 3.8) is 0 Å². The van der Waals surface area contributed by atoms with Crippen LogP contribution in [0, 0.1) is 0 Å².